The van der Waals surface area contributed by atoms with E-state index in [0.717, 1.165) is 22.6 Å². The van der Waals surface area contributed by atoms with Crippen LogP contribution in [0, 0.1) is 18.8 Å². The van der Waals surface area contributed by atoms with E-state index in [4.69, 9.17) is 0 Å². The van der Waals surface area contributed by atoms with Crippen molar-refractivity contribution in [3.63, 3.8) is 0 Å². The van der Waals surface area contributed by atoms with Gasteiger partial charge in [0.1, 0.15) is 0 Å². The molecular weight excluding hydrogens is 705 g/mol. The largest absolute Gasteiger partial charge is 3.00 e. The maximum Gasteiger partial charge on any atom is 3.00 e. The summed E-state index contributed by atoms with van der Waals surface area (Å²) in [5.74, 6) is 0. The average molecular weight is 730 g/mol. The molecule has 3 aromatic heterocycles. The van der Waals surface area contributed by atoms with E-state index >= 15 is 0 Å². The Labute approximate surface area is 263 Å². The van der Waals surface area contributed by atoms with E-state index in [1.807, 2.05) is 48.5 Å². The molecule has 1 aliphatic rings. The predicted octanol–water partition coefficient (Wildman–Crippen LogP) is 9.10. The summed E-state index contributed by atoms with van der Waals surface area (Å²) >= 11 is 0. The van der Waals surface area contributed by atoms with Crippen molar-refractivity contribution in [2.75, 3.05) is 9.80 Å². The molecule has 206 valence electrons. The number of benzene rings is 5. The molecule has 8 aromatic rings. The summed E-state index contributed by atoms with van der Waals surface area (Å²) in [6.07, 6.45) is 5.97. The Morgan fingerprint density at radius 2 is 1.33 bits per heavy atom. The number of para-hydroxylation sites is 3. The summed E-state index contributed by atoms with van der Waals surface area (Å²) in [5, 5.41) is 4.97. The van der Waals surface area contributed by atoms with Gasteiger partial charge in [-0.15, -0.1) is 60.1 Å². The van der Waals surface area contributed by atoms with Gasteiger partial charge in [-0.2, -0.15) is 0 Å². The van der Waals surface area contributed by atoms with Gasteiger partial charge < -0.3 is 19.2 Å². The number of anilines is 2. The van der Waals surface area contributed by atoms with Crippen molar-refractivity contribution in [1.82, 2.24) is 9.38 Å². The molecule has 5 heteroatoms. The average Bonchev–Trinajstić information content (AvgIpc) is 3.78. The van der Waals surface area contributed by atoms with Crippen LogP contribution < -0.4 is 9.80 Å². The molecule has 4 heterocycles. The van der Waals surface area contributed by atoms with Crippen LogP contribution in [0.1, 0.15) is 0 Å². The number of hydrogen-bond acceptors (Lipinski definition) is 3. The van der Waals surface area contributed by atoms with Crippen LogP contribution in [0.5, 0.6) is 0 Å². The molecule has 0 saturated heterocycles. The Morgan fingerprint density at radius 3 is 2.09 bits per heavy atom. The molecule has 0 saturated carbocycles. The van der Waals surface area contributed by atoms with Crippen LogP contribution >= 0.6 is 0 Å². The quantitative estimate of drug-likeness (QED) is 0.170. The van der Waals surface area contributed by atoms with Crippen molar-refractivity contribution in [1.29, 1.82) is 0 Å². The number of pyridine rings is 1. The van der Waals surface area contributed by atoms with E-state index in [1.165, 1.54) is 38.1 Å². The van der Waals surface area contributed by atoms with Crippen LogP contribution in [-0.2, 0) is 20.1 Å². The fourth-order valence-corrected chi connectivity index (χ4v) is 5.81. The smallest absolute Gasteiger partial charge is 0.495 e. The Balaban J connectivity index is 0.000000195. The van der Waals surface area contributed by atoms with Gasteiger partial charge in [0.15, 0.2) is 0 Å². The zero-order chi connectivity index (χ0) is 27.9. The van der Waals surface area contributed by atoms with E-state index in [1.54, 1.807) is 6.20 Å². The molecule has 0 unspecified atom stereocenters. The van der Waals surface area contributed by atoms with Gasteiger partial charge in [0.05, 0.1) is 0 Å². The molecule has 0 amide bonds. The van der Waals surface area contributed by atoms with E-state index in [9.17, 15) is 0 Å². The third-order valence-electron chi connectivity index (χ3n) is 7.72. The first kappa shape index (κ1) is 26.9. The summed E-state index contributed by atoms with van der Waals surface area (Å²) in [5.41, 5.74) is 7.94. The van der Waals surface area contributed by atoms with Gasteiger partial charge in [0.2, 0.25) is 0 Å². The van der Waals surface area contributed by atoms with Gasteiger partial charge in [0.25, 0.3) is 0 Å². The number of nitrogens with zero attached hydrogens (tertiary/aromatic N) is 4. The van der Waals surface area contributed by atoms with Crippen molar-refractivity contribution in [2.24, 2.45) is 0 Å². The van der Waals surface area contributed by atoms with Crippen molar-refractivity contribution in [3.05, 3.63) is 165 Å². The second-order valence-electron chi connectivity index (χ2n) is 10.2. The second-order valence-corrected chi connectivity index (χ2v) is 10.2. The van der Waals surface area contributed by atoms with Gasteiger partial charge in [-0.05, 0) is 59.3 Å². The number of rotatable bonds is 3. The molecule has 0 bridgehead atoms. The molecule has 4 nitrogen and oxygen atoms in total. The topological polar surface area (TPSA) is 23.8 Å². The van der Waals surface area contributed by atoms with Crippen LogP contribution in [0.2, 0.25) is 0 Å². The molecule has 43 heavy (non-hydrogen) atoms. The van der Waals surface area contributed by atoms with Crippen molar-refractivity contribution < 1.29 is 20.1 Å². The molecule has 0 fully saturated rings. The molecule has 9 rings (SSSR count). The van der Waals surface area contributed by atoms with Gasteiger partial charge in [-0.1, -0.05) is 83.2 Å². The van der Waals surface area contributed by atoms with Crippen LogP contribution in [0.4, 0.5) is 11.4 Å². The number of aromatic nitrogens is 2. The Bertz CT molecular complexity index is 2050. The maximum atomic E-state index is 4.22. The molecule has 0 spiro atoms. The SMILES string of the molecule is [Ir+3].[c-]1c(N2C=CN(c3ccccc3)[CH-]2)cc2c3ccccc3n3c4ccccc4c1c23.[c-]1ccccc1-c1ccccn1. The minimum atomic E-state index is 0. The summed E-state index contributed by atoms with van der Waals surface area (Å²) in [6.45, 7) is 2.11. The third-order valence-corrected chi connectivity index (χ3v) is 7.72. The molecule has 0 aliphatic carbocycles. The maximum absolute atomic E-state index is 4.22. The molecule has 5 aromatic carbocycles. The molecule has 0 atom stereocenters. The summed E-state index contributed by atoms with van der Waals surface area (Å²) in [7, 11) is 0. The van der Waals surface area contributed by atoms with E-state index in [-0.39, 0.29) is 20.1 Å². The first-order valence-corrected chi connectivity index (χ1v) is 14.0. The summed E-state index contributed by atoms with van der Waals surface area (Å²) in [6, 6.07) is 50.5. The van der Waals surface area contributed by atoms with Crippen LogP contribution in [-0.4, -0.2) is 9.38 Å². The fourth-order valence-electron chi connectivity index (χ4n) is 5.81. The molecule has 1 aliphatic heterocycles. The summed E-state index contributed by atoms with van der Waals surface area (Å²) < 4.78 is 2.38. The first-order chi connectivity index (χ1) is 20.8. The first-order valence-electron chi connectivity index (χ1n) is 14.0. The zero-order valence-electron chi connectivity index (χ0n) is 23.1. The minimum Gasteiger partial charge on any atom is -0.495 e. The Hall–Kier alpha value is -4.96. The van der Waals surface area contributed by atoms with Crippen LogP contribution in [0.25, 0.3) is 49.4 Å². The van der Waals surface area contributed by atoms with Gasteiger partial charge >= 0.3 is 20.1 Å². The van der Waals surface area contributed by atoms with Gasteiger partial charge in [-0.3, -0.25) is 0 Å². The molecular formula is C38H25IrN4. The normalized spacial score (nSPS) is 12.7. The number of fused-ring (bicyclic) bond motifs is 6. The van der Waals surface area contributed by atoms with E-state index in [2.05, 4.69) is 129 Å². The van der Waals surface area contributed by atoms with Crippen LogP contribution in [0.3, 0.4) is 0 Å². The zero-order valence-corrected chi connectivity index (χ0v) is 25.5. The van der Waals surface area contributed by atoms with E-state index in [0.29, 0.717) is 0 Å². The van der Waals surface area contributed by atoms with Gasteiger partial charge in [-0.25, -0.2) is 0 Å². The minimum absolute atomic E-state index is 0. The Morgan fingerprint density at radius 1 is 0.628 bits per heavy atom. The Kier molecular flexibility index (Phi) is 7.12. The van der Waals surface area contributed by atoms with Crippen molar-refractivity contribution in [2.45, 2.75) is 0 Å². The van der Waals surface area contributed by atoms with E-state index < -0.39 is 0 Å². The van der Waals surface area contributed by atoms with Crippen molar-refractivity contribution in [3.8, 4) is 11.3 Å². The number of hydrogen-bond donors (Lipinski definition) is 0. The van der Waals surface area contributed by atoms with Crippen LogP contribution in [0.15, 0.2) is 146 Å². The standard InChI is InChI=1S/C27H17N3.C11H8N.Ir/c1-2-8-19(9-3-1)28-14-15-29(18-28)20-16-23-21-10-4-6-12-25(21)30-26-13-7-5-11-22(26)24(17-20)27(23)30;1-2-6-10(7-3-1)11-8-4-5-9-12-11;/h1-16,18H;1-6,8-9H;/q-2;-1;+3. The van der Waals surface area contributed by atoms with Gasteiger partial charge in [0, 0.05) is 22.9 Å². The fraction of sp³-hybridized carbons (Fsp3) is 0. The predicted molar refractivity (Wildman–Crippen MR) is 173 cm³/mol. The monoisotopic (exact) mass is 730 g/mol. The third kappa shape index (κ3) is 4.73. The van der Waals surface area contributed by atoms with Crippen molar-refractivity contribution >= 4 is 49.5 Å². The summed E-state index contributed by atoms with van der Waals surface area (Å²) in [4.78, 5) is 8.50. The molecule has 0 radical (unpaired) electrons. The second kappa shape index (κ2) is 11.4. The molecule has 0 N–H and O–H groups in total.